The number of hydrogen-bond acceptors (Lipinski definition) is 4. The average molecular weight is 495 g/mol. The molecule has 2 heterocycles. The summed E-state index contributed by atoms with van der Waals surface area (Å²) in [4.78, 5) is 4.70. The molecule has 1 aliphatic heterocycles. The lowest BCUT2D eigenvalue weighted by molar-refractivity contribution is 0.439. The highest BCUT2D eigenvalue weighted by Crippen LogP contribution is 2.20. The van der Waals surface area contributed by atoms with Crippen molar-refractivity contribution in [1.82, 2.24) is 10.6 Å². The summed E-state index contributed by atoms with van der Waals surface area (Å²) >= 11 is 0. The van der Waals surface area contributed by atoms with Crippen LogP contribution in [0.4, 0.5) is 0 Å². The summed E-state index contributed by atoms with van der Waals surface area (Å²) in [5.41, 5.74) is 0. The van der Waals surface area contributed by atoms with Gasteiger partial charge in [0, 0.05) is 12.6 Å². The molecule has 148 valence electrons. The van der Waals surface area contributed by atoms with Crippen molar-refractivity contribution in [1.29, 1.82) is 0 Å². The quantitative estimate of drug-likeness (QED) is 0.373. The Morgan fingerprint density at radius 1 is 1.31 bits per heavy atom. The molecule has 1 aromatic heterocycles. The van der Waals surface area contributed by atoms with Crippen molar-refractivity contribution >= 4 is 39.8 Å². The summed E-state index contributed by atoms with van der Waals surface area (Å²) in [6.07, 6.45) is 5.53. The van der Waals surface area contributed by atoms with Crippen LogP contribution in [0.5, 0.6) is 0 Å². The van der Waals surface area contributed by atoms with Gasteiger partial charge in [0.25, 0.3) is 0 Å². The fourth-order valence-corrected chi connectivity index (χ4v) is 5.44. The SMILES string of the molecule is Cc1ccc(C(C)NC(=NCC2CCS(=O)(=O)C2)NC2CCCC2)o1.I. The number of rotatable bonds is 5. The van der Waals surface area contributed by atoms with Gasteiger partial charge in [0.2, 0.25) is 0 Å². The number of guanidine groups is 1. The third-order valence-corrected chi connectivity index (χ3v) is 6.91. The van der Waals surface area contributed by atoms with Gasteiger partial charge in [-0.3, -0.25) is 4.99 Å². The first-order valence-electron chi connectivity index (χ1n) is 9.25. The molecule has 1 aliphatic carbocycles. The normalized spacial score (nSPS) is 24.2. The second-order valence-electron chi connectivity index (χ2n) is 7.40. The lowest BCUT2D eigenvalue weighted by Crippen LogP contribution is -2.43. The van der Waals surface area contributed by atoms with Crippen LogP contribution in [0.3, 0.4) is 0 Å². The van der Waals surface area contributed by atoms with E-state index in [9.17, 15) is 8.42 Å². The number of nitrogens with one attached hydrogen (secondary N) is 2. The minimum atomic E-state index is -2.85. The van der Waals surface area contributed by atoms with Crippen LogP contribution in [0.15, 0.2) is 21.5 Å². The molecular formula is C18H30IN3O3S. The summed E-state index contributed by atoms with van der Waals surface area (Å²) in [5, 5.41) is 6.93. The van der Waals surface area contributed by atoms with E-state index in [1.54, 1.807) is 0 Å². The molecule has 0 amide bonds. The molecule has 2 atom stereocenters. The van der Waals surface area contributed by atoms with Crippen LogP contribution < -0.4 is 10.6 Å². The molecule has 0 bridgehead atoms. The minimum Gasteiger partial charge on any atom is -0.464 e. The molecule has 2 fully saturated rings. The topological polar surface area (TPSA) is 83.7 Å². The monoisotopic (exact) mass is 495 g/mol. The predicted octanol–water partition coefficient (Wildman–Crippen LogP) is 3.18. The van der Waals surface area contributed by atoms with Gasteiger partial charge in [-0.15, -0.1) is 24.0 Å². The number of nitrogens with zero attached hydrogens (tertiary/aromatic N) is 1. The van der Waals surface area contributed by atoms with Gasteiger partial charge in [-0.2, -0.15) is 0 Å². The van der Waals surface area contributed by atoms with Gasteiger partial charge < -0.3 is 15.1 Å². The lowest BCUT2D eigenvalue weighted by atomic mass is 10.1. The summed E-state index contributed by atoms with van der Waals surface area (Å²) in [6.45, 7) is 4.53. The molecule has 3 rings (SSSR count). The van der Waals surface area contributed by atoms with Gasteiger partial charge in [0.05, 0.1) is 17.5 Å². The first kappa shape index (κ1) is 21.5. The Labute approximate surface area is 173 Å². The third-order valence-electron chi connectivity index (χ3n) is 5.07. The summed E-state index contributed by atoms with van der Waals surface area (Å²) in [5.74, 6) is 3.23. The zero-order valence-corrected chi connectivity index (χ0v) is 18.7. The molecular weight excluding hydrogens is 465 g/mol. The van der Waals surface area contributed by atoms with E-state index in [-0.39, 0.29) is 41.7 Å². The smallest absolute Gasteiger partial charge is 0.192 e. The van der Waals surface area contributed by atoms with Crippen molar-refractivity contribution in [3.05, 3.63) is 23.7 Å². The third kappa shape index (κ3) is 6.14. The highest BCUT2D eigenvalue weighted by atomic mass is 127. The number of hydrogen-bond donors (Lipinski definition) is 2. The van der Waals surface area contributed by atoms with Crippen molar-refractivity contribution in [3.63, 3.8) is 0 Å². The number of aliphatic imine (C=N–C) groups is 1. The number of sulfone groups is 1. The zero-order valence-electron chi connectivity index (χ0n) is 15.5. The Hall–Kier alpha value is -0.770. The molecule has 26 heavy (non-hydrogen) atoms. The van der Waals surface area contributed by atoms with Crippen LogP contribution in [0.1, 0.15) is 56.6 Å². The van der Waals surface area contributed by atoms with Crippen LogP contribution in [0.2, 0.25) is 0 Å². The largest absolute Gasteiger partial charge is 0.464 e. The van der Waals surface area contributed by atoms with Gasteiger partial charge in [-0.25, -0.2) is 8.42 Å². The van der Waals surface area contributed by atoms with Crippen LogP contribution in [-0.2, 0) is 9.84 Å². The molecule has 6 nitrogen and oxygen atoms in total. The van der Waals surface area contributed by atoms with Crippen LogP contribution >= 0.6 is 24.0 Å². The van der Waals surface area contributed by atoms with Crippen molar-refractivity contribution in [3.8, 4) is 0 Å². The molecule has 8 heteroatoms. The van der Waals surface area contributed by atoms with Crippen molar-refractivity contribution in [2.75, 3.05) is 18.1 Å². The standard InChI is InChI=1S/C18H29N3O3S.HI/c1-13-7-8-17(24-13)14(2)20-18(21-16-5-3-4-6-16)19-11-15-9-10-25(22,23)12-15;/h7-8,14-16H,3-6,9-12H2,1-2H3,(H2,19,20,21);1H. The fourth-order valence-electron chi connectivity index (χ4n) is 3.60. The van der Waals surface area contributed by atoms with Crippen LogP contribution in [0.25, 0.3) is 0 Å². The predicted molar refractivity (Wildman–Crippen MR) is 115 cm³/mol. The summed E-state index contributed by atoms with van der Waals surface area (Å²) < 4.78 is 29.0. The number of aryl methyl sites for hydroxylation is 1. The Kier molecular flexibility index (Phi) is 7.81. The second-order valence-corrected chi connectivity index (χ2v) is 9.63. The molecule has 1 aromatic rings. The van der Waals surface area contributed by atoms with E-state index in [1.807, 2.05) is 26.0 Å². The highest BCUT2D eigenvalue weighted by Gasteiger charge is 2.28. The lowest BCUT2D eigenvalue weighted by Gasteiger charge is -2.21. The Bertz CT molecular complexity index is 711. The number of halogens is 1. The van der Waals surface area contributed by atoms with Crippen LogP contribution in [-0.4, -0.2) is 38.5 Å². The van der Waals surface area contributed by atoms with E-state index in [1.165, 1.54) is 12.8 Å². The maximum absolute atomic E-state index is 11.6. The highest BCUT2D eigenvalue weighted by molar-refractivity contribution is 14.0. The molecule has 2 unspecified atom stereocenters. The van der Waals surface area contributed by atoms with Crippen molar-refractivity contribution in [2.45, 2.75) is 58.0 Å². The molecule has 0 spiro atoms. The Morgan fingerprint density at radius 2 is 2.04 bits per heavy atom. The van der Waals surface area contributed by atoms with E-state index in [2.05, 4.69) is 10.6 Å². The summed E-state index contributed by atoms with van der Waals surface area (Å²) in [6, 6.07) is 4.39. The molecule has 1 saturated heterocycles. The molecule has 1 saturated carbocycles. The average Bonchev–Trinajstić information content (AvgIpc) is 3.27. The molecule has 0 radical (unpaired) electrons. The van der Waals surface area contributed by atoms with Crippen molar-refractivity contribution in [2.24, 2.45) is 10.9 Å². The first-order chi connectivity index (χ1) is 11.9. The van der Waals surface area contributed by atoms with Gasteiger partial charge in [-0.1, -0.05) is 12.8 Å². The Morgan fingerprint density at radius 3 is 2.62 bits per heavy atom. The van der Waals surface area contributed by atoms with Gasteiger partial charge in [0.15, 0.2) is 15.8 Å². The second kappa shape index (κ2) is 9.43. The molecule has 2 aliphatic rings. The van der Waals surface area contributed by atoms with Gasteiger partial charge in [-0.05, 0) is 51.2 Å². The minimum absolute atomic E-state index is 0. The van der Waals surface area contributed by atoms with E-state index in [0.717, 1.165) is 36.7 Å². The molecule has 2 N–H and O–H groups in total. The van der Waals surface area contributed by atoms with E-state index < -0.39 is 9.84 Å². The maximum atomic E-state index is 11.6. The van der Waals surface area contributed by atoms with Crippen molar-refractivity contribution < 1.29 is 12.8 Å². The first-order valence-corrected chi connectivity index (χ1v) is 11.1. The summed E-state index contributed by atoms with van der Waals surface area (Å²) in [7, 11) is -2.85. The maximum Gasteiger partial charge on any atom is 0.192 e. The van der Waals surface area contributed by atoms with Gasteiger partial charge in [0.1, 0.15) is 11.5 Å². The van der Waals surface area contributed by atoms with Gasteiger partial charge >= 0.3 is 0 Å². The van der Waals surface area contributed by atoms with E-state index in [0.29, 0.717) is 18.3 Å². The number of furan rings is 1. The van der Waals surface area contributed by atoms with E-state index >= 15 is 0 Å². The van der Waals surface area contributed by atoms with Crippen LogP contribution in [0, 0.1) is 12.8 Å². The fraction of sp³-hybridized carbons (Fsp3) is 0.722. The zero-order chi connectivity index (χ0) is 17.9. The molecule has 0 aromatic carbocycles. The van der Waals surface area contributed by atoms with E-state index in [4.69, 9.17) is 9.41 Å². The Balaban J connectivity index is 0.00000243.